The van der Waals surface area contributed by atoms with Crippen molar-refractivity contribution in [3.63, 3.8) is 0 Å². The van der Waals surface area contributed by atoms with Crippen LogP contribution in [0.2, 0.25) is 0 Å². The van der Waals surface area contributed by atoms with E-state index in [1.54, 1.807) is 0 Å². The summed E-state index contributed by atoms with van der Waals surface area (Å²) < 4.78 is 5.39. The quantitative estimate of drug-likeness (QED) is 0.804. The fourth-order valence-electron chi connectivity index (χ4n) is 3.46. The molecule has 0 bridgehead atoms. The van der Waals surface area contributed by atoms with Crippen molar-refractivity contribution in [3.05, 3.63) is 71.3 Å². The van der Waals surface area contributed by atoms with Gasteiger partial charge in [0, 0.05) is 25.2 Å². The molecular formula is C23H30N2O2. The van der Waals surface area contributed by atoms with Gasteiger partial charge in [-0.05, 0) is 35.6 Å². The zero-order valence-corrected chi connectivity index (χ0v) is 16.4. The number of nitrogens with zero attached hydrogens (tertiary/aromatic N) is 1. The monoisotopic (exact) mass is 366 g/mol. The van der Waals surface area contributed by atoms with E-state index in [-0.39, 0.29) is 11.9 Å². The van der Waals surface area contributed by atoms with Crippen LogP contribution >= 0.6 is 0 Å². The van der Waals surface area contributed by atoms with Gasteiger partial charge in [0.2, 0.25) is 0 Å². The molecule has 0 saturated carbocycles. The summed E-state index contributed by atoms with van der Waals surface area (Å²) in [4.78, 5) is 15.2. The van der Waals surface area contributed by atoms with Crippen molar-refractivity contribution < 1.29 is 9.53 Å². The maximum atomic E-state index is 12.8. The lowest BCUT2D eigenvalue weighted by Crippen LogP contribution is -2.35. The molecule has 27 heavy (non-hydrogen) atoms. The van der Waals surface area contributed by atoms with Gasteiger partial charge in [-0.3, -0.25) is 9.69 Å². The lowest BCUT2D eigenvalue weighted by atomic mass is 9.96. The molecule has 0 aromatic heterocycles. The highest BCUT2D eigenvalue weighted by molar-refractivity contribution is 5.94. The minimum atomic E-state index is -0.0116. The van der Waals surface area contributed by atoms with Crippen LogP contribution in [0.1, 0.15) is 47.8 Å². The van der Waals surface area contributed by atoms with Gasteiger partial charge < -0.3 is 10.1 Å². The number of carbonyl (C=O) groups is 1. The second kappa shape index (κ2) is 9.67. The van der Waals surface area contributed by atoms with E-state index in [0.29, 0.717) is 11.5 Å². The molecule has 1 amide bonds. The third kappa shape index (κ3) is 5.91. The Morgan fingerprint density at radius 3 is 2.33 bits per heavy atom. The van der Waals surface area contributed by atoms with Crippen LogP contribution in [0.15, 0.2) is 54.6 Å². The molecule has 1 aliphatic rings. The van der Waals surface area contributed by atoms with E-state index in [1.807, 2.05) is 30.3 Å². The standard InChI is InChI=1S/C23H30N2O2/c1-18(2)16-22(20-6-4-3-5-7-20)24-23(26)21-10-8-19(9-11-21)17-25-12-14-27-15-13-25/h3-11,18,22H,12-17H2,1-2H3,(H,24,26)/t22-/m1/s1. The molecule has 2 aromatic carbocycles. The van der Waals surface area contributed by atoms with E-state index >= 15 is 0 Å². The number of hydrogen-bond donors (Lipinski definition) is 1. The van der Waals surface area contributed by atoms with Crippen LogP contribution < -0.4 is 5.32 Å². The first-order valence-electron chi connectivity index (χ1n) is 9.86. The van der Waals surface area contributed by atoms with Gasteiger partial charge in [0.25, 0.3) is 5.91 Å². The number of morpholine rings is 1. The van der Waals surface area contributed by atoms with E-state index in [2.05, 4.69) is 48.3 Å². The van der Waals surface area contributed by atoms with Gasteiger partial charge in [0.05, 0.1) is 19.3 Å². The van der Waals surface area contributed by atoms with Gasteiger partial charge in [-0.2, -0.15) is 0 Å². The Hall–Kier alpha value is -2.17. The summed E-state index contributed by atoms with van der Waals surface area (Å²) in [6.07, 6.45) is 0.921. The second-order valence-corrected chi connectivity index (χ2v) is 7.65. The van der Waals surface area contributed by atoms with Crippen LogP contribution in [0.5, 0.6) is 0 Å². The molecular weight excluding hydrogens is 336 g/mol. The maximum Gasteiger partial charge on any atom is 0.251 e. The summed E-state index contributed by atoms with van der Waals surface area (Å²) in [5.41, 5.74) is 3.10. The van der Waals surface area contributed by atoms with Gasteiger partial charge in [-0.25, -0.2) is 0 Å². The number of benzene rings is 2. The van der Waals surface area contributed by atoms with E-state index in [4.69, 9.17) is 4.74 Å². The topological polar surface area (TPSA) is 41.6 Å². The molecule has 3 rings (SSSR count). The molecule has 2 aromatic rings. The molecule has 144 valence electrons. The largest absolute Gasteiger partial charge is 0.379 e. The smallest absolute Gasteiger partial charge is 0.251 e. The van der Waals surface area contributed by atoms with Gasteiger partial charge in [0.15, 0.2) is 0 Å². The van der Waals surface area contributed by atoms with Gasteiger partial charge in [-0.1, -0.05) is 56.3 Å². The van der Waals surface area contributed by atoms with Crippen LogP contribution in [-0.2, 0) is 11.3 Å². The Labute approximate surface area is 162 Å². The zero-order valence-electron chi connectivity index (χ0n) is 16.4. The van der Waals surface area contributed by atoms with E-state index < -0.39 is 0 Å². The predicted molar refractivity (Wildman–Crippen MR) is 109 cm³/mol. The van der Waals surface area contributed by atoms with Crippen molar-refractivity contribution in [1.82, 2.24) is 10.2 Å². The van der Waals surface area contributed by atoms with Crippen LogP contribution in [0.3, 0.4) is 0 Å². The van der Waals surface area contributed by atoms with Crippen molar-refractivity contribution in [3.8, 4) is 0 Å². The third-order valence-corrected chi connectivity index (χ3v) is 4.94. The van der Waals surface area contributed by atoms with Gasteiger partial charge in [0.1, 0.15) is 0 Å². The first-order chi connectivity index (χ1) is 13.1. The Bertz CT molecular complexity index is 707. The zero-order chi connectivity index (χ0) is 19.1. The molecule has 1 atom stereocenters. The summed E-state index contributed by atoms with van der Waals surface area (Å²) in [6.45, 7) is 8.82. The average molecular weight is 367 g/mol. The van der Waals surface area contributed by atoms with Gasteiger partial charge >= 0.3 is 0 Å². The number of nitrogens with one attached hydrogen (secondary N) is 1. The number of carbonyl (C=O) groups excluding carboxylic acids is 1. The molecule has 0 spiro atoms. The molecule has 0 radical (unpaired) electrons. The molecule has 1 fully saturated rings. The normalized spacial score (nSPS) is 16.3. The van der Waals surface area contributed by atoms with Gasteiger partial charge in [-0.15, -0.1) is 0 Å². The summed E-state index contributed by atoms with van der Waals surface area (Å²) in [5, 5.41) is 3.22. The summed E-state index contributed by atoms with van der Waals surface area (Å²) in [7, 11) is 0. The first kappa shape index (κ1) is 19.6. The predicted octanol–water partition coefficient (Wildman–Crippen LogP) is 4.04. The number of hydrogen-bond acceptors (Lipinski definition) is 3. The fourth-order valence-corrected chi connectivity index (χ4v) is 3.46. The highest BCUT2D eigenvalue weighted by atomic mass is 16.5. The summed E-state index contributed by atoms with van der Waals surface area (Å²) in [6, 6.07) is 18.2. The summed E-state index contributed by atoms with van der Waals surface area (Å²) in [5.74, 6) is 0.494. The fraction of sp³-hybridized carbons (Fsp3) is 0.435. The second-order valence-electron chi connectivity index (χ2n) is 7.65. The highest BCUT2D eigenvalue weighted by Crippen LogP contribution is 2.22. The Morgan fingerprint density at radius 2 is 1.70 bits per heavy atom. The molecule has 0 aliphatic carbocycles. The number of ether oxygens (including phenoxy) is 1. The molecule has 4 nitrogen and oxygen atoms in total. The van der Waals surface area contributed by atoms with Crippen molar-refractivity contribution in [2.45, 2.75) is 32.9 Å². The lowest BCUT2D eigenvalue weighted by Gasteiger charge is -2.26. The minimum Gasteiger partial charge on any atom is -0.379 e. The summed E-state index contributed by atoms with van der Waals surface area (Å²) >= 11 is 0. The van der Waals surface area contributed by atoms with Crippen LogP contribution in [0.4, 0.5) is 0 Å². The third-order valence-electron chi connectivity index (χ3n) is 4.94. The van der Waals surface area contributed by atoms with Crippen LogP contribution in [0, 0.1) is 5.92 Å². The molecule has 4 heteroatoms. The SMILES string of the molecule is CC(C)C[C@@H](NC(=O)c1ccc(CN2CCOCC2)cc1)c1ccccc1. The van der Waals surface area contributed by atoms with Crippen molar-refractivity contribution >= 4 is 5.91 Å². The lowest BCUT2D eigenvalue weighted by molar-refractivity contribution is 0.0342. The van der Waals surface area contributed by atoms with E-state index in [1.165, 1.54) is 5.56 Å². The molecule has 1 saturated heterocycles. The molecule has 1 heterocycles. The Morgan fingerprint density at radius 1 is 1.04 bits per heavy atom. The highest BCUT2D eigenvalue weighted by Gasteiger charge is 2.17. The van der Waals surface area contributed by atoms with Crippen molar-refractivity contribution in [2.24, 2.45) is 5.92 Å². The number of rotatable bonds is 7. The minimum absolute atomic E-state index is 0.0116. The number of amides is 1. The Balaban J connectivity index is 1.63. The van der Waals surface area contributed by atoms with Crippen molar-refractivity contribution in [2.75, 3.05) is 26.3 Å². The van der Waals surface area contributed by atoms with Crippen LogP contribution in [0.25, 0.3) is 0 Å². The van der Waals surface area contributed by atoms with Crippen molar-refractivity contribution in [1.29, 1.82) is 0 Å². The average Bonchev–Trinajstić information content (AvgIpc) is 2.69. The first-order valence-corrected chi connectivity index (χ1v) is 9.86. The molecule has 1 N–H and O–H groups in total. The molecule has 1 aliphatic heterocycles. The maximum absolute atomic E-state index is 12.8. The van der Waals surface area contributed by atoms with E-state index in [0.717, 1.165) is 44.8 Å². The molecule has 0 unspecified atom stereocenters. The van der Waals surface area contributed by atoms with E-state index in [9.17, 15) is 4.79 Å². The Kier molecular flexibility index (Phi) is 7.02. The van der Waals surface area contributed by atoms with Crippen LogP contribution in [-0.4, -0.2) is 37.1 Å².